The van der Waals surface area contributed by atoms with Crippen molar-refractivity contribution in [2.24, 2.45) is 0 Å². The first-order valence-corrected chi connectivity index (χ1v) is 9.73. The van der Waals surface area contributed by atoms with Crippen LogP contribution in [0.3, 0.4) is 0 Å². The normalized spacial score (nSPS) is 13.0. The van der Waals surface area contributed by atoms with Gasteiger partial charge in [-0.2, -0.15) is 0 Å². The summed E-state index contributed by atoms with van der Waals surface area (Å²) in [5, 5.41) is 6.97. The van der Waals surface area contributed by atoms with Crippen LogP contribution in [0.25, 0.3) is 0 Å². The molecule has 1 heterocycles. The van der Waals surface area contributed by atoms with Crippen LogP contribution >= 0.6 is 11.8 Å². The van der Waals surface area contributed by atoms with E-state index in [4.69, 9.17) is 0 Å². The smallest absolute Gasteiger partial charge is 0.191 e. The van der Waals surface area contributed by atoms with Crippen molar-refractivity contribution in [1.82, 2.24) is 9.97 Å². The molecule has 0 aliphatic rings. The van der Waals surface area contributed by atoms with Crippen molar-refractivity contribution < 1.29 is 8.42 Å². The van der Waals surface area contributed by atoms with Crippen molar-refractivity contribution in [2.75, 3.05) is 35.4 Å². The van der Waals surface area contributed by atoms with E-state index in [2.05, 4.69) is 27.5 Å². The molecule has 2 N–H and O–H groups in total. The molecule has 0 fully saturated rings. The number of nitrogens with one attached hydrogen (secondary N) is 2. The van der Waals surface area contributed by atoms with Crippen LogP contribution < -0.4 is 10.6 Å². The van der Waals surface area contributed by atoms with Crippen molar-refractivity contribution in [3.8, 4) is 0 Å². The third-order valence-electron chi connectivity index (χ3n) is 2.39. The van der Waals surface area contributed by atoms with Gasteiger partial charge in [-0.1, -0.05) is 18.7 Å². The van der Waals surface area contributed by atoms with Gasteiger partial charge >= 0.3 is 0 Å². The lowest BCUT2D eigenvalue weighted by atomic mass is 10.4. The second kappa shape index (κ2) is 7.68. The summed E-state index contributed by atoms with van der Waals surface area (Å²) >= 11 is 1.45. The second-order valence-corrected chi connectivity index (χ2v) is 7.65. The van der Waals surface area contributed by atoms with Gasteiger partial charge in [-0.15, -0.1) is 0 Å². The molecule has 0 amide bonds. The molecule has 8 heteroatoms. The van der Waals surface area contributed by atoms with Crippen molar-refractivity contribution in [3.63, 3.8) is 0 Å². The molecule has 1 aromatic rings. The van der Waals surface area contributed by atoms with Gasteiger partial charge in [0.1, 0.15) is 21.5 Å². The Kier molecular flexibility index (Phi) is 6.54. The summed E-state index contributed by atoms with van der Waals surface area (Å²) in [5.41, 5.74) is 0. The van der Waals surface area contributed by atoms with Gasteiger partial charge in [0.15, 0.2) is 5.16 Å². The molecule has 0 aliphatic carbocycles. The second-order valence-electron chi connectivity index (χ2n) is 4.69. The minimum Gasteiger partial charge on any atom is -0.370 e. The van der Waals surface area contributed by atoms with Crippen LogP contribution in [0.2, 0.25) is 0 Å². The zero-order valence-electron chi connectivity index (χ0n) is 12.3. The minimum atomic E-state index is -3.01. The summed E-state index contributed by atoms with van der Waals surface area (Å²) < 4.78 is 22.5. The van der Waals surface area contributed by atoms with Crippen LogP contribution in [0.15, 0.2) is 11.2 Å². The van der Waals surface area contributed by atoms with E-state index in [1.807, 2.05) is 13.2 Å². The standard InChI is InChI=1S/C12H22N4O2S2/c1-5-6-13-10-7-11(16-12(15-10)19-3)14-9(2)8-20(4,17)18/h7,9H,5-6,8H2,1-4H3,(H2,13,14,15,16). The quantitative estimate of drug-likeness (QED) is 0.559. The van der Waals surface area contributed by atoms with Gasteiger partial charge in [0.25, 0.3) is 0 Å². The lowest BCUT2D eigenvalue weighted by molar-refractivity contribution is 0.598. The summed E-state index contributed by atoms with van der Waals surface area (Å²) in [6.45, 7) is 4.74. The predicted molar refractivity (Wildman–Crippen MR) is 85.4 cm³/mol. The monoisotopic (exact) mass is 318 g/mol. The Morgan fingerprint density at radius 1 is 1.35 bits per heavy atom. The number of hydrogen-bond donors (Lipinski definition) is 2. The van der Waals surface area contributed by atoms with Crippen molar-refractivity contribution in [2.45, 2.75) is 31.5 Å². The molecule has 0 aromatic carbocycles. The highest BCUT2D eigenvalue weighted by atomic mass is 32.2. The van der Waals surface area contributed by atoms with E-state index >= 15 is 0 Å². The average Bonchev–Trinajstić information content (AvgIpc) is 2.33. The molecule has 0 saturated carbocycles. The molecular formula is C12H22N4O2S2. The zero-order valence-corrected chi connectivity index (χ0v) is 13.9. The van der Waals surface area contributed by atoms with Crippen LogP contribution in [0.4, 0.5) is 11.6 Å². The molecule has 0 aliphatic heterocycles. The fourth-order valence-electron chi connectivity index (χ4n) is 1.68. The van der Waals surface area contributed by atoms with Gasteiger partial charge in [0.2, 0.25) is 0 Å². The van der Waals surface area contributed by atoms with Gasteiger partial charge in [-0.3, -0.25) is 0 Å². The highest BCUT2D eigenvalue weighted by Crippen LogP contribution is 2.18. The molecule has 0 radical (unpaired) electrons. The molecule has 1 rings (SSSR count). The predicted octanol–water partition coefficient (Wildman–Crippen LogP) is 1.87. The largest absolute Gasteiger partial charge is 0.370 e. The van der Waals surface area contributed by atoms with E-state index in [9.17, 15) is 8.42 Å². The number of hydrogen-bond acceptors (Lipinski definition) is 7. The lowest BCUT2D eigenvalue weighted by Crippen LogP contribution is -2.25. The fourth-order valence-corrected chi connectivity index (χ4v) is 3.05. The Bertz CT molecular complexity index is 534. The van der Waals surface area contributed by atoms with Gasteiger partial charge in [-0.05, 0) is 19.6 Å². The number of aromatic nitrogens is 2. The minimum absolute atomic E-state index is 0.0727. The average molecular weight is 318 g/mol. The highest BCUT2D eigenvalue weighted by molar-refractivity contribution is 7.98. The summed E-state index contributed by atoms with van der Waals surface area (Å²) in [6, 6.07) is 1.60. The molecule has 1 aromatic heterocycles. The van der Waals surface area contributed by atoms with Gasteiger partial charge in [0.05, 0.1) is 5.75 Å². The van der Waals surface area contributed by atoms with E-state index in [0.717, 1.165) is 18.8 Å². The van der Waals surface area contributed by atoms with Crippen molar-refractivity contribution >= 4 is 33.2 Å². The van der Waals surface area contributed by atoms with E-state index < -0.39 is 9.84 Å². The molecule has 0 saturated heterocycles. The maximum atomic E-state index is 11.3. The first-order valence-electron chi connectivity index (χ1n) is 6.45. The van der Waals surface area contributed by atoms with Gasteiger partial charge < -0.3 is 10.6 Å². The van der Waals surface area contributed by atoms with Gasteiger partial charge in [-0.25, -0.2) is 18.4 Å². The molecule has 20 heavy (non-hydrogen) atoms. The zero-order chi connectivity index (χ0) is 15.2. The number of nitrogens with zero attached hydrogens (tertiary/aromatic N) is 2. The van der Waals surface area contributed by atoms with E-state index in [1.165, 1.54) is 18.0 Å². The maximum absolute atomic E-state index is 11.3. The van der Waals surface area contributed by atoms with Crippen LogP contribution in [0.5, 0.6) is 0 Å². The van der Waals surface area contributed by atoms with Crippen molar-refractivity contribution in [1.29, 1.82) is 0 Å². The van der Waals surface area contributed by atoms with Crippen LogP contribution in [-0.4, -0.2) is 49.2 Å². The van der Waals surface area contributed by atoms with E-state index in [-0.39, 0.29) is 11.8 Å². The summed E-state index contributed by atoms with van der Waals surface area (Å²) in [4.78, 5) is 8.69. The SMILES string of the molecule is CCCNc1cc(NC(C)CS(C)(=O)=O)nc(SC)n1. The van der Waals surface area contributed by atoms with Crippen molar-refractivity contribution in [3.05, 3.63) is 6.07 Å². The van der Waals surface area contributed by atoms with E-state index in [1.54, 1.807) is 6.07 Å². The lowest BCUT2D eigenvalue weighted by Gasteiger charge is -2.15. The topological polar surface area (TPSA) is 84.0 Å². The molecule has 1 unspecified atom stereocenters. The first kappa shape index (κ1) is 17.0. The highest BCUT2D eigenvalue weighted by Gasteiger charge is 2.12. The Balaban J connectivity index is 2.82. The Hall–Kier alpha value is -1.02. The molecule has 0 bridgehead atoms. The third-order valence-corrected chi connectivity index (χ3v) is 4.04. The van der Waals surface area contributed by atoms with Crippen LogP contribution in [0.1, 0.15) is 20.3 Å². The third kappa shape index (κ3) is 6.42. The molecular weight excluding hydrogens is 296 g/mol. The number of anilines is 2. The number of rotatable bonds is 8. The number of thioether (sulfide) groups is 1. The fraction of sp³-hybridized carbons (Fsp3) is 0.667. The molecule has 114 valence electrons. The first-order chi connectivity index (χ1) is 9.34. The van der Waals surface area contributed by atoms with Gasteiger partial charge in [0, 0.05) is 24.9 Å². The summed E-state index contributed by atoms with van der Waals surface area (Å²) in [5.74, 6) is 1.46. The summed E-state index contributed by atoms with van der Waals surface area (Å²) in [6.07, 6.45) is 4.14. The Morgan fingerprint density at radius 2 is 2.00 bits per heavy atom. The maximum Gasteiger partial charge on any atom is 0.191 e. The number of sulfone groups is 1. The molecule has 6 nitrogen and oxygen atoms in total. The van der Waals surface area contributed by atoms with Crippen LogP contribution in [0, 0.1) is 0 Å². The summed E-state index contributed by atoms with van der Waals surface area (Å²) in [7, 11) is -3.01. The van der Waals surface area contributed by atoms with E-state index in [0.29, 0.717) is 11.0 Å². The molecule has 1 atom stereocenters. The molecule has 0 spiro atoms. The Morgan fingerprint density at radius 3 is 2.55 bits per heavy atom. The van der Waals surface area contributed by atoms with Crippen LogP contribution in [-0.2, 0) is 9.84 Å². The Labute approximate surface area is 125 Å².